The Morgan fingerprint density at radius 1 is 1.61 bits per heavy atom. The minimum Gasteiger partial charge on any atom is -0.350 e. The number of halogens is 1. The number of carbonyl (C=O) groups is 1. The number of amides is 1. The standard InChI is InChI=1S/C11H18BrN5O/c1-7(17(2)3)5-15-11(18)9-4-8(12)6-14-10(9)16-13/h4,6-7H,5,13H2,1-3H3,(H,14,16)(H,15,18). The molecular weight excluding hydrogens is 298 g/mol. The number of hydrazine groups is 1. The highest BCUT2D eigenvalue weighted by atomic mass is 79.9. The summed E-state index contributed by atoms with van der Waals surface area (Å²) in [5, 5.41) is 2.84. The van der Waals surface area contributed by atoms with Crippen LogP contribution in [0.15, 0.2) is 16.7 Å². The van der Waals surface area contributed by atoms with E-state index in [2.05, 4.69) is 31.7 Å². The molecule has 1 amide bonds. The maximum Gasteiger partial charge on any atom is 0.255 e. The number of carbonyl (C=O) groups excluding carboxylic acids is 1. The van der Waals surface area contributed by atoms with Gasteiger partial charge < -0.3 is 15.6 Å². The monoisotopic (exact) mass is 315 g/mol. The molecule has 18 heavy (non-hydrogen) atoms. The molecule has 0 saturated heterocycles. The molecule has 0 fully saturated rings. The van der Waals surface area contributed by atoms with Gasteiger partial charge in [-0.15, -0.1) is 0 Å². The number of hydrogen-bond acceptors (Lipinski definition) is 5. The van der Waals surface area contributed by atoms with Crippen LogP contribution in [0.3, 0.4) is 0 Å². The van der Waals surface area contributed by atoms with Crippen molar-refractivity contribution < 1.29 is 4.79 Å². The van der Waals surface area contributed by atoms with Gasteiger partial charge in [-0.05, 0) is 43.0 Å². The topological polar surface area (TPSA) is 83.3 Å². The molecule has 1 rings (SSSR count). The van der Waals surface area contributed by atoms with Gasteiger partial charge in [0.25, 0.3) is 5.91 Å². The van der Waals surface area contributed by atoms with Crippen molar-refractivity contribution in [3.8, 4) is 0 Å². The van der Waals surface area contributed by atoms with Gasteiger partial charge in [-0.1, -0.05) is 0 Å². The van der Waals surface area contributed by atoms with Crippen LogP contribution in [-0.4, -0.2) is 42.5 Å². The average Bonchev–Trinajstić information content (AvgIpc) is 2.35. The zero-order chi connectivity index (χ0) is 13.7. The van der Waals surface area contributed by atoms with Gasteiger partial charge in [-0.25, -0.2) is 10.8 Å². The van der Waals surface area contributed by atoms with Gasteiger partial charge in [0, 0.05) is 23.3 Å². The number of hydrogen-bond donors (Lipinski definition) is 3. The van der Waals surface area contributed by atoms with Crippen LogP contribution in [0.25, 0.3) is 0 Å². The van der Waals surface area contributed by atoms with Crippen LogP contribution in [-0.2, 0) is 0 Å². The predicted molar refractivity (Wildman–Crippen MR) is 75.2 cm³/mol. The smallest absolute Gasteiger partial charge is 0.255 e. The first-order valence-corrected chi connectivity index (χ1v) is 6.31. The van der Waals surface area contributed by atoms with Crippen molar-refractivity contribution in [2.24, 2.45) is 5.84 Å². The lowest BCUT2D eigenvalue weighted by Crippen LogP contribution is -2.38. The summed E-state index contributed by atoms with van der Waals surface area (Å²) in [5.74, 6) is 5.48. The first-order chi connectivity index (χ1) is 8.45. The lowest BCUT2D eigenvalue weighted by atomic mass is 10.2. The average molecular weight is 316 g/mol. The number of rotatable bonds is 5. The van der Waals surface area contributed by atoms with Gasteiger partial charge in [-0.3, -0.25) is 4.79 Å². The predicted octanol–water partition coefficient (Wildman–Crippen LogP) is 0.810. The molecule has 0 saturated carbocycles. The molecule has 0 aliphatic heterocycles. The Balaban J connectivity index is 2.75. The quantitative estimate of drug-likeness (QED) is 0.553. The zero-order valence-corrected chi connectivity index (χ0v) is 12.3. The molecule has 1 atom stereocenters. The molecule has 6 nitrogen and oxygen atoms in total. The van der Waals surface area contributed by atoms with E-state index in [9.17, 15) is 4.79 Å². The second kappa shape index (κ2) is 6.67. The molecule has 1 unspecified atom stereocenters. The molecule has 1 aromatic heterocycles. The molecule has 4 N–H and O–H groups in total. The molecule has 0 spiro atoms. The fraction of sp³-hybridized carbons (Fsp3) is 0.455. The Morgan fingerprint density at radius 3 is 2.83 bits per heavy atom. The SMILES string of the molecule is CC(CNC(=O)c1cc(Br)cnc1NN)N(C)C. The van der Waals surface area contributed by atoms with Crippen molar-refractivity contribution in [3.63, 3.8) is 0 Å². The van der Waals surface area contributed by atoms with E-state index >= 15 is 0 Å². The van der Waals surface area contributed by atoms with E-state index in [1.165, 1.54) is 0 Å². The second-order valence-electron chi connectivity index (χ2n) is 4.22. The number of nitrogen functional groups attached to an aromatic ring is 1. The number of nitrogens with zero attached hydrogens (tertiary/aromatic N) is 2. The van der Waals surface area contributed by atoms with Gasteiger partial charge in [0.2, 0.25) is 0 Å². The van der Waals surface area contributed by atoms with Crippen molar-refractivity contribution in [1.29, 1.82) is 0 Å². The summed E-state index contributed by atoms with van der Waals surface area (Å²) in [5.41, 5.74) is 2.83. The van der Waals surface area contributed by atoms with Crippen molar-refractivity contribution in [1.82, 2.24) is 15.2 Å². The molecule has 100 valence electrons. The van der Waals surface area contributed by atoms with E-state index in [4.69, 9.17) is 5.84 Å². The van der Waals surface area contributed by atoms with E-state index in [1.807, 2.05) is 25.9 Å². The van der Waals surface area contributed by atoms with Crippen LogP contribution in [0.1, 0.15) is 17.3 Å². The third-order valence-corrected chi connectivity index (χ3v) is 3.11. The Morgan fingerprint density at radius 2 is 2.28 bits per heavy atom. The highest BCUT2D eigenvalue weighted by Crippen LogP contribution is 2.17. The third-order valence-electron chi connectivity index (χ3n) is 2.68. The van der Waals surface area contributed by atoms with E-state index < -0.39 is 0 Å². The Labute approximate surface area is 115 Å². The Bertz CT molecular complexity index is 424. The summed E-state index contributed by atoms with van der Waals surface area (Å²) in [6, 6.07) is 1.93. The fourth-order valence-corrected chi connectivity index (χ4v) is 1.58. The van der Waals surface area contributed by atoms with Crippen LogP contribution < -0.4 is 16.6 Å². The van der Waals surface area contributed by atoms with Gasteiger partial charge in [0.15, 0.2) is 5.82 Å². The zero-order valence-electron chi connectivity index (χ0n) is 10.7. The summed E-state index contributed by atoms with van der Waals surface area (Å²) in [7, 11) is 3.93. The number of aromatic nitrogens is 1. The first-order valence-electron chi connectivity index (χ1n) is 5.52. The fourth-order valence-electron chi connectivity index (χ4n) is 1.25. The third kappa shape index (κ3) is 3.94. The summed E-state index contributed by atoms with van der Waals surface area (Å²) in [4.78, 5) is 18.1. The van der Waals surface area contributed by atoms with Gasteiger partial charge >= 0.3 is 0 Å². The molecule has 0 aliphatic rings. The molecule has 7 heteroatoms. The largest absolute Gasteiger partial charge is 0.350 e. The number of nitrogens with two attached hydrogens (primary N) is 1. The Hall–Kier alpha value is -1.18. The number of anilines is 1. The normalized spacial score (nSPS) is 12.3. The second-order valence-corrected chi connectivity index (χ2v) is 5.13. The molecular formula is C11H18BrN5O. The number of nitrogens with one attached hydrogen (secondary N) is 2. The molecule has 0 aromatic carbocycles. The summed E-state index contributed by atoms with van der Waals surface area (Å²) in [6.45, 7) is 2.59. The molecule has 0 radical (unpaired) electrons. The molecule has 1 heterocycles. The highest BCUT2D eigenvalue weighted by molar-refractivity contribution is 9.10. The van der Waals surface area contributed by atoms with E-state index in [-0.39, 0.29) is 11.9 Å². The number of likely N-dealkylation sites (N-methyl/N-ethyl adjacent to an activating group) is 1. The van der Waals surface area contributed by atoms with E-state index in [0.717, 1.165) is 4.47 Å². The van der Waals surface area contributed by atoms with Crippen molar-refractivity contribution in [2.75, 3.05) is 26.1 Å². The Kier molecular flexibility index (Phi) is 5.52. The van der Waals surface area contributed by atoms with Crippen LogP contribution in [0.2, 0.25) is 0 Å². The summed E-state index contributed by atoms with van der Waals surface area (Å²) in [6.07, 6.45) is 1.58. The van der Waals surface area contributed by atoms with Crippen LogP contribution in [0, 0.1) is 0 Å². The van der Waals surface area contributed by atoms with Gasteiger partial charge in [0.1, 0.15) is 0 Å². The maximum absolute atomic E-state index is 12.0. The molecule has 0 aliphatic carbocycles. The lowest BCUT2D eigenvalue weighted by Gasteiger charge is -2.20. The minimum atomic E-state index is -0.203. The van der Waals surface area contributed by atoms with Crippen LogP contribution in [0.5, 0.6) is 0 Å². The highest BCUT2D eigenvalue weighted by Gasteiger charge is 2.14. The van der Waals surface area contributed by atoms with Crippen LogP contribution in [0.4, 0.5) is 5.82 Å². The molecule has 1 aromatic rings. The van der Waals surface area contributed by atoms with Crippen molar-refractivity contribution >= 4 is 27.7 Å². The van der Waals surface area contributed by atoms with Crippen LogP contribution >= 0.6 is 15.9 Å². The van der Waals surface area contributed by atoms with Crippen molar-refractivity contribution in [2.45, 2.75) is 13.0 Å². The van der Waals surface area contributed by atoms with Gasteiger partial charge in [-0.2, -0.15) is 0 Å². The summed E-state index contributed by atoms with van der Waals surface area (Å²) >= 11 is 3.28. The molecule has 0 bridgehead atoms. The summed E-state index contributed by atoms with van der Waals surface area (Å²) < 4.78 is 0.729. The van der Waals surface area contributed by atoms with E-state index in [1.54, 1.807) is 12.3 Å². The lowest BCUT2D eigenvalue weighted by molar-refractivity contribution is 0.0944. The maximum atomic E-state index is 12.0. The first kappa shape index (κ1) is 14.9. The van der Waals surface area contributed by atoms with E-state index in [0.29, 0.717) is 17.9 Å². The van der Waals surface area contributed by atoms with Crippen molar-refractivity contribution in [3.05, 3.63) is 22.3 Å². The minimum absolute atomic E-state index is 0.203. The van der Waals surface area contributed by atoms with Gasteiger partial charge in [0.05, 0.1) is 5.56 Å². The number of pyridine rings is 1.